The molecule has 0 radical (unpaired) electrons. The minimum atomic E-state index is -1.74. The smallest absolute Gasteiger partial charge is 0.186 e. The molecule has 2 aromatic rings. The maximum Gasteiger partial charge on any atom is 0.186 e. The van der Waals surface area contributed by atoms with Crippen LogP contribution >= 0.6 is 22.9 Å². The van der Waals surface area contributed by atoms with Gasteiger partial charge in [0.15, 0.2) is 27.7 Å². The first-order valence-corrected chi connectivity index (χ1v) is 6.25. The SMILES string of the molecule is N#Cc1c(F)c(F)c(NCc2cnc(Cl)s2)c(F)c1F. The fourth-order valence-electron chi connectivity index (χ4n) is 1.43. The van der Waals surface area contributed by atoms with E-state index in [9.17, 15) is 17.6 Å². The molecule has 9 heteroatoms. The van der Waals surface area contributed by atoms with Crippen LogP contribution in [0.3, 0.4) is 0 Å². The summed E-state index contributed by atoms with van der Waals surface area (Å²) in [5.41, 5.74) is -2.28. The van der Waals surface area contributed by atoms with Gasteiger partial charge in [-0.1, -0.05) is 11.6 Å². The standard InChI is InChI=1S/C11H4ClF4N3S/c12-11-19-3-4(20-11)2-18-10-8(15)6(13)5(1-17)7(14)9(10)16/h3,18H,2H2. The van der Waals surface area contributed by atoms with Crippen LogP contribution in [0.4, 0.5) is 23.2 Å². The van der Waals surface area contributed by atoms with Crippen molar-refractivity contribution in [3.8, 4) is 6.07 Å². The fraction of sp³-hybridized carbons (Fsp3) is 0.0909. The van der Waals surface area contributed by atoms with Gasteiger partial charge in [-0.25, -0.2) is 22.5 Å². The Balaban J connectivity index is 2.35. The third-order valence-corrected chi connectivity index (χ3v) is 3.45. The number of nitrogens with zero attached hydrogens (tertiary/aromatic N) is 2. The second kappa shape index (κ2) is 5.64. The Bertz CT molecular complexity index is 681. The molecular weight excluding hydrogens is 318 g/mol. The number of hydrogen-bond donors (Lipinski definition) is 1. The largest absolute Gasteiger partial charge is 0.375 e. The molecule has 1 heterocycles. The molecular formula is C11H4ClF4N3S. The number of hydrogen-bond acceptors (Lipinski definition) is 4. The highest BCUT2D eigenvalue weighted by molar-refractivity contribution is 7.15. The van der Waals surface area contributed by atoms with Crippen molar-refractivity contribution in [2.45, 2.75) is 6.54 Å². The number of aromatic nitrogens is 1. The van der Waals surface area contributed by atoms with Crippen molar-refractivity contribution >= 4 is 28.6 Å². The molecule has 0 saturated heterocycles. The normalized spacial score (nSPS) is 10.4. The molecule has 0 spiro atoms. The predicted octanol–water partition coefficient (Wildman–Crippen LogP) is 3.84. The first kappa shape index (κ1) is 14.6. The second-order valence-electron chi connectivity index (χ2n) is 3.55. The number of benzene rings is 1. The van der Waals surface area contributed by atoms with Gasteiger partial charge >= 0.3 is 0 Å². The molecule has 0 aliphatic carbocycles. The van der Waals surface area contributed by atoms with Crippen LogP contribution in [0.1, 0.15) is 10.4 Å². The van der Waals surface area contributed by atoms with Gasteiger partial charge in [-0.3, -0.25) is 0 Å². The molecule has 1 aromatic heterocycles. The van der Waals surface area contributed by atoms with Crippen molar-refractivity contribution in [1.82, 2.24) is 4.98 Å². The molecule has 0 atom stereocenters. The number of nitriles is 1. The lowest BCUT2D eigenvalue weighted by Crippen LogP contribution is -2.09. The van der Waals surface area contributed by atoms with Crippen LogP contribution in [-0.4, -0.2) is 4.98 Å². The van der Waals surface area contributed by atoms with E-state index in [1.165, 1.54) is 6.20 Å². The summed E-state index contributed by atoms with van der Waals surface area (Å²) in [6.45, 7) is -0.122. The van der Waals surface area contributed by atoms with Crippen LogP contribution in [0.5, 0.6) is 0 Å². The van der Waals surface area contributed by atoms with E-state index in [1.54, 1.807) is 0 Å². The van der Waals surface area contributed by atoms with Gasteiger partial charge in [0.25, 0.3) is 0 Å². The van der Waals surface area contributed by atoms with Gasteiger partial charge in [0.05, 0.1) is 6.54 Å². The van der Waals surface area contributed by atoms with Crippen molar-refractivity contribution in [1.29, 1.82) is 5.26 Å². The molecule has 0 fully saturated rings. The van der Waals surface area contributed by atoms with Crippen molar-refractivity contribution in [2.24, 2.45) is 0 Å². The average Bonchev–Trinajstić information content (AvgIpc) is 2.83. The zero-order chi connectivity index (χ0) is 14.9. The number of nitrogens with one attached hydrogen (secondary N) is 1. The second-order valence-corrected chi connectivity index (χ2v) is 5.25. The van der Waals surface area contributed by atoms with Crippen LogP contribution in [0.25, 0.3) is 0 Å². The Kier molecular flexibility index (Phi) is 4.11. The van der Waals surface area contributed by atoms with Crippen LogP contribution in [-0.2, 0) is 6.54 Å². The Hall–Kier alpha value is -1.85. The van der Waals surface area contributed by atoms with Crippen molar-refractivity contribution < 1.29 is 17.6 Å². The Morgan fingerprint density at radius 3 is 2.25 bits per heavy atom. The molecule has 0 aliphatic rings. The zero-order valence-electron chi connectivity index (χ0n) is 9.48. The summed E-state index contributed by atoms with van der Waals surface area (Å²) < 4.78 is 54.1. The van der Waals surface area contributed by atoms with Crippen LogP contribution < -0.4 is 5.32 Å². The highest BCUT2D eigenvalue weighted by atomic mass is 35.5. The molecule has 2 rings (SSSR count). The summed E-state index contributed by atoms with van der Waals surface area (Å²) in [6.07, 6.45) is 1.35. The molecule has 0 saturated carbocycles. The number of anilines is 1. The summed E-state index contributed by atoms with van der Waals surface area (Å²) in [5.74, 6) is -6.79. The summed E-state index contributed by atoms with van der Waals surface area (Å²) in [4.78, 5) is 4.21. The summed E-state index contributed by atoms with van der Waals surface area (Å²) in [6, 6.07) is 1.07. The first-order chi connectivity index (χ1) is 9.45. The molecule has 0 amide bonds. The van der Waals surface area contributed by atoms with E-state index in [4.69, 9.17) is 16.9 Å². The van der Waals surface area contributed by atoms with Crippen molar-refractivity contribution in [2.75, 3.05) is 5.32 Å². The van der Waals surface area contributed by atoms with Crippen molar-refractivity contribution in [3.05, 3.63) is 44.4 Å². The van der Waals surface area contributed by atoms with Gasteiger partial charge < -0.3 is 5.32 Å². The number of thiazole rings is 1. The molecule has 0 bridgehead atoms. The van der Waals surface area contributed by atoms with Gasteiger partial charge in [-0.05, 0) is 0 Å². The van der Waals surface area contributed by atoms with E-state index in [0.29, 0.717) is 4.88 Å². The lowest BCUT2D eigenvalue weighted by molar-refractivity contribution is 0.454. The zero-order valence-corrected chi connectivity index (χ0v) is 11.0. The van der Waals surface area contributed by atoms with Crippen LogP contribution in [0, 0.1) is 34.6 Å². The number of rotatable bonds is 3. The topological polar surface area (TPSA) is 48.7 Å². The lowest BCUT2D eigenvalue weighted by atomic mass is 10.1. The molecule has 3 nitrogen and oxygen atoms in total. The first-order valence-electron chi connectivity index (χ1n) is 5.05. The van der Waals surface area contributed by atoms with E-state index in [2.05, 4.69) is 10.3 Å². The van der Waals surface area contributed by atoms with Gasteiger partial charge in [0, 0.05) is 11.1 Å². The van der Waals surface area contributed by atoms with E-state index in [-0.39, 0.29) is 11.0 Å². The van der Waals surface area contributed by atoms with E-state index in [1.807, 2.05) is 0 Å². The maximum absolute atomic E-state index is 13.6. The molecule has 104 valence electrons. The monoisotopic (exact) mass is 321 g/mol. The summed E-state index contributed by atoms with van der Waals surface area (Å²) in [5, 5.41) is 10.7. The third kappa shape index (κ3) is 2.55. The Labute approximate surface area is 119 Å². The molecule has 20 heavy (non-hydrogen) atoms. The quantitative estimate of drug-likeness (QED) is 0.690. The lowest BCUT2D eigenvalue weighted by Gasteiger charge is -2.10. The predicted molar refractivity (Wildman–Crippen MR) is 65.4 cm³/mol. The van der Waals surface area contributed by atoms with Gasteiger partial charge in [0.2, 0.25) is 0 Å². The highest BCUT2D eigenvalue weighted by Crippen LogP contribution is 2.28. The summed E-state index contributed by atoms with van der Waals surface area (Å²) >= 11 is 6.61. The minimum absolute atomic E-state index is 0.122. The van der Waals surface area contributed by atoms with E-state index >= 15 is 0 Å². The molecule has 1 N–H and O–H groups in total. The molecule has 1 aromatic carbocycles. The maximum atomic E-state index is 13.6. The molecule has 0 unspecified atom stereocenters. The Morgan fingerprint density at radius 2 is 1.80 bits per heavy atom. The van der Waals surface area contributed by atoms with Crippen LogP contribution in [0.2, 0.25) is 4.47 Å². The van der Waals surface area contributed by atoms with Gasteiger partial charge in [0.1, 0.15) is 17.3 Å². The van der Waals surface area contributed by atoms with Gasteiger partial charge in [-0.2, -0.15) is 5.26 Å². The van der Waals surface area contributed by atoms with E-state index < -0.39 is 34.5 Å². The van der Waals surface area contributed by atoms with Gasteiger partial charge in [-0.15, -0.1) is 11.3 Å². The molecule has 0 aliphatic heterocycles. The fourth-order valence-corrected chi connectivity index (χ4v) is 2.34. The van der Waals surface area contributed by atoms with Crippen molar-refractivity contribution in [3.63, 3.8) is 0 Å². The summed E-state index contributed by atoms with van der Waals surface area (Å²) in [7, 11) is 0. The van der Waals surface area contributed by atoms with E-state index in [0.717, 1.165) is 17.4 Å². The average molecular weight is 322 g/mol. The van der Waals surface area contributed by atoms with Crippen LogP contribution in [0.15, 0.2) is 6.20 Å². The number of halogens is 5. The minimum Gasteiger partial charge on any atom is -0.375 e. The Morgan fingerprint density at radius 1 is 1.20 bits per heavy atom. The third-order valence-electron chi connectivity index (χ3n) is 2.34. The highest BCUT2D eigenvalue weighted by Gasteiger charge is 2.25.